The maximum absolute atomic E-state index is 11.1. The van der Waals surface area contributed by atoms with Crippen LogP contribution >= 0.6 is 0 Å². The number of methoxy groups -OCH3 is 1. The van der Waals surface area contributed by atoms with Crippen LogP contribution in [0, 0.1) is 5.92 Å². The number of esters is 1. The van der Waals surface area contributed by atoms with E-state index in [4.69, 9.17) is 4.74 Å². The van der Waals surface area contributed by atoms with E-state index in [2.05, 4.69) is 4.74 Å². The van der Waals surface area contributed by atoms with Crippen molar-refractivity contribution in [3.8, 4) is 0 Å². The Morgan fingerprint density at radius 3 is 2.56 bits per heavy atom. The summed E-state index contributed by atoms with van der Waals surface area (Å²) >= 11 is 0. The molecule has 1 unspecified atom stereocenters. The molecule has 0 fully saturated rings. The van der Waals surface area contributed by atoms with E-state index >= 15 is 0 Å². The smallest absolute Gasteiger partial charge is 0.171 e. The van der Waals surface area contributed by atoms with E-state index in [-0.39, 0.29) is 45.2 Å². The second-order valence-electron chi connectivity index (χ2n) is 3.69. The summed E-state index contributed by atoms with van der Waals surface area (Å²) in [5.41, 5.74) is 1.02. The van der Waals surface area contributed by atoms with Gasteiger partial charge >= 0.3 is 0 Å². The van der Waals surface area contributed by atoms with Crippen LogP contribution in [0.3, 0.4) is 0 Å². The molecule has 0 aromatic heterocycles. The van der Waals surface area contributed by atoms with Gasteiger partial charge in [0.2, 0.25) is 0 Å². The van der Waals surface area contributed by atoms with E-state index in [0.717, 1.165) is 5.56 Å². The Labute approximate surface area is 133 Å². The van der Waals surface area contributed by atoms with Crippen molar-refractivity contribution >= 4 is 5.97 Å². The van der Waals surface area contributed by atoms with Gasteiger partial charge in [-0.25, -0.2) is 5.92 Å². The fraction of sp³-hybridized carbons (Fsp3) is 0.385. The van der Waals surface area contributed by atoms with Gasteiger partial charge in [0.05, 0.1) is 13.7 Å². The Balaban J connectivity index is 0.00000289. The van der Waals surface area contributed by atoms with Crippen LogP contribution in [-0.4, -0.2) is 30.9 Å². The first-order chi connectivity index (χ1) is 8.15. The van der Waals surface area contributed by atoms with Gasteiger partial charge in [-0.1, -0.05) is 30.3 Å². The molecule has 0 aliphatic rings. The van der Waals surface area contributed by atoms with Gasteiger partial charge < -0.3 is 14.6 Å². The van der Waals surface area contributed by atoms with Gasteiger partial charge in [-0.15, -0.1) is 0 Å². The molecule has 0 bridgehead atoms. The van der Waals surface area contributed by atoms with Crippen LogP contribution in [0.15, 0.2) is 30.3 Å². The fourth-order valence-electron chi connectivity index (χ4n) is 1.28. The first kappa shape index (κ1) is 17.6. The van der Waals surface area contributed by atoms with E-state index in [9.17, 15) is 9.90 Å². The monoisotopic (exact) mass is 326 g/mol. The Hall–Kier alpha value is -0.416. The van der Waals surface area contributed by atoms with Crippen molar-refractivity contribution in [1.29, 1.82) is 0 Å². The van der Waals surface area contributed by atoms with Crippen LogP contribution in [0.1, 0.15) is 12.5 Å². The van der Waals surface area contributed by atoms with Crippen LogP contribution in [-0.2, 0) is 53.6 Å². The zero-order chi connectivity index (χ0) is 12.7. The summed E-state index contributed by atoms with van der Waals surface area (Å²) in [5.74, 6) is -0.263. The van der Waals surface area contributed by atoms with Gasteiger partial charge in [-0.05, 0) is 11.7 Å². The largest absolute Gasteiger partial charge is 0.491 e. The molecular weight excluding hydrogens is 309 g/mol. The average Bonchev–Trinajstić information content (AvgIpc) is 2.38. The summed E-state index contributed by atoms with van der Waals surface area (Å²) in [5, 5.41) is 9.63. The predicted octanol–water partition coefficient (Wildman–Crippen LogP) is 1.33. The van der Waals surface area contributed by atoms with Gasteiger partial charge in [0, 0.05) is 39.3 Å². The van der Waals surface area contributed by atoms with E-state index in [1.807, 2.05) is 30.3 Å². The molecule has 1 N–H and O–H groups in total. The molecule has 0 heterocycles. The van der Waals surface area contributed by atoms with Crippen molar-refractivity contribution < 1.29 is 52.1 Å². The molecule has 1 aromatic rings. The molecule has 1 radical (unpaired) electrons. The fourth-order valence-corrected chi connectivity index (χ4v) is 1.28. The number of rotatable bonds is 6. The molecular formula is C13H17O4Y-. The van der Waals surface area contributed by atoms with E-state index in [0.29, 0.717) is 6.61 Å². The zero-order valence-corrected chi connectivity index (χ0v) is 13.5. The number of hydrogen-bond acceptors (Lipinski definition) is 4. The van der Waals surface area contributed by atoms with Crippen molar-refractivity contribution in [2.75, 3.05) is 13.7 Å². The van der Waals surface area contributed by atoms with Crippen LogP contribution in [0.4, 0.5) is 0 Å². The molecule has 4 nitrogen and oxygen atoms in total. The van der Waals surface area contributed by atoms with E-state index < -0.39 is 12.1 Å². The molecule has 0 aliphatic carbocycles. The van der Waals surface area contributed by atoms with Gasteiger partial charge in [0.15, 0.2) is 5.97 Å². The molecule has 0 aliphatic heterocycles. The summed E-state index contributed by atoms with van der Waals surface area (Å²) in [7, 11) is 1.28. The van der Waals surface area contributed by atoms with Crippen LogP contribution in [0.5, 0.6) is 0 Å². The van der Waals surface area contributed by atoms with Crippen molar-refractivity contribution in [3.63, 3.8) is 0 Å². The number of carbonyl (C=O) groups is 1. The van der Waals surface area contributed by atoms with Gasteiger partial charge in [-0.2, -0.15) is 6.92 Å². The van der Waals surface area contributed by atoms with Gasteiger partial charge in [0.25, 0.3) is 0 Å². The molecule has 0 saturated heterocycles. The molecule has 0 spiro atoms. The van der Waals surface area contributed by atoms with E-state index in [1.54, 1.807) is 0 Å². The molecule has 1 rings (SSSR count). The third-order valence-corrected chi connectivity index (χ3v) is 2.39. The molecule has 1 atom stereocenters. The van der Waals surface area contributed by atoms with Gasteiger partial charge in [0.1, 0.15) is 0 Å². The predicted molar refractivity (Wildman–Crippen MR) is 63.0 cm³/mol. The summed E-state index contributed by atoms with van der Waals surface area (Å²) in [6.45, 7) is 2.02. The van der Waals surface area contributed by atoms with Crippen LogP contribution in [0.2, 0.25) is 0 Å². The van der Waals surface area contributed by atoms with Crippen molar-refractivity contribution in [3.05, 3.63) is 41.8 Å². The third kappa shape index (κ3) is 5.96. The summed E-state index contributed by atoms with van der Waals surface area (Å²) in [6.07, 6.45) is -0.925. The Bertz CT molecular complexity index is 342. The number of benzene rings is 1. The molecule has 97 valence electrons. The number of ether oxygens (including phenoxy) is 2. The van der Waals surface area contributed by atoms with Crippen molar-refractivity contribution in [1.82, 2.24) is 0 Å². The Morgan fingerprint density at radius 2 is 2.00 bits per heavy atom. The minimum atomic E-state index is -0.925. The topological polar surface area (TPSA) is 55.8 Å². The molecule has 0 amide bonds. The molecule has 18 heavy (non-hydrogen) atoms. The third-order valence-electron chi connectivity index (χ3n) is 2.39. The SMILES string of the molecule is COC(=O)[C-](C)C(O)COCc1ccccc1.[Y]. The maximum Gasteiger partial charge on any atom is 0.171 e. The number of aliphatic hydroxyl groups excluding tert-OH is 1. The van der Waals surface area contributed by atoms with Gasteiger partial charge in [-0.3, -0.25) is 4.79 Å². The number of hydrogen-bond donors (Lipinski definition) is 1. The summed E-state index contributed by atoms with van der Waals surface area (Å²) in [6, 6.07) is 9.63. The number of carbonyl (C=O) groups excluding carboxylic acids is 1. The Morgan fingerprint density at radius 1 is 1.39 bits per heavy atom. The minimum Gasteiger partial charge on any atom is -0.491 e. The minimum absolute atomic E-state index is 0. The molecule has 5 heteroatoms. The second kappa shape index (κ2) is 9.51. The zero-order valence-electron chi connectivity index (χ0n) is 10.6. The first-order valence-corrected chi connectivity index (χ1v) is 5.36. The first-order valence-electron chi connectivity index (χ1n) is 5.36. The van der Waals surface area contributed by atoms with Crippen LogP contribution in [0.25, 0.3) is 0 Å². The average molecular weight is 326 g/mol. The summed E-state index contributed by atoms with van der Waals surface area (Å²) in [4.78, 5) is 11.1. The molecule has 0 saturated carbocycles. The van der Waals surface area contributed by atoms with Crippen molar-refractivity contribution in [2.24, 2.45) is 0 Å². The van der Waals surface area contributed by atoms with Crippen LogP contribution < -0.4 is 0 Å². The normalized spacial score (nSPS) is 11.3. The molecule has 1 aromatic carbocycles. The summed E-state index contributed by atoms with van der Waals surface area (Å²) < 4.78 is 9.82. The standard InChI is InChI=1S/C13H17O4.Y/c1-10(13(15)16-2)12(14)9-17-8-11-6-4-3-5-7-11;/h3-7,12,14H,8-9H2,1-2H3;/q-1;. The van der Waals surface area contributed by atoms with E-state index in [1.165, 1.54) is 14.0 Å². The van der Waals surface area contributed by atoms with Crippen molar-refractivity contribution in [2.45, 2.75) is 19.6 Å². The second-order valence-corrected chi connectivity index (χ2v) is 3.69. The number of aliphatic hydroxyl groups is 1. The maximum atomic E-state index is 11.1. The Kier molecular flexibility index (Phi) is 9.29. The quantitative estimate of drug-likeness (QED) is 0.633.